The first kappa shape index (κ1) is 13.2. The van der Waals surface area contributed by atoms with E-state index in [1.54, 1.807) is 12.3 Å². The Morgan fingerprint density at radius 1 is 1.43 bits per heavy atom. The van der Waals surface area contributed by atoms with Crippen molar-refractivity contribution in [3.8, 4) is 0 Å². The molecule has 4 heterocycles. The number of pyridine rings is 1. The first-order chi connectivity index (χ1) is 10.2. The van der Waals surface area contributed by atoms with Gasteiger partial charge in [-0.25, -0.2) is 0 Å². The van der Waals surface area contributed by atoms with Crippen molar-refractivity contribution >= 4 is 27.3 Å². The van der Waals surface area contributed by atoms with Crippen LogP contribution >= 0.6 is 11.3 Å². The summed E-state index contributed by atoms with van der Waals surface area (Å²) in [5.41, 5.74) is 0.372. The molecule has 2 aliphatic heterocycles. The highest BCUT2D eigenvalue weighted by molar-refractivity contribution is 7.17. The number of carbonyl (C=O) groups is 1. The number of rotatable bonds is 2. The predicted octanol–water partition coefficient (Wildman–Crippen LogP) is 2.26. The average molecular weight is 305 g/mol. The first-order valence-corrected chi connectivity index (χ1v) is 8.07. The molecule has 6 heteroatoms. The number of hydrogen-bond donors (Lipinski definition) is 1. The van der Waals surface area contributed by atoms with Crippen molar-refractivity contribution in [1.82, 2.24) is 15.2 Å². The zero-order valence-corrected chi connectivity index (χ0v) is 12.3. The number of carbonyl (C=O) groups excluding carboxylic acids is 1. The number of hydrogen-bond acceptors (Lipinski definition) is 4. The van der Waals surface area contributed by atoms with Gasteiger partial charge in [0, 0.05) is 35.4 Å². The number of nitrogens with zero attached hydrogens (tertiary/aromatic N) is 2. The van der Waals surface area contributed by atoms with E-state index >= 15 is 0 Å². The molecule has 2 aromatic rings. The third-order valence-electron chi connectivity index (χ3n) is 4.41. The van der Waals surface area contributed by atoms with Crippen LogP contribution in [0.2, 0.25) is 0 Å². The van der Waals surface area contributed by atoms with Crippen LogP contribution in [-0.2, 0) is 0 Å². The molecule has 3 atom stereocenters. The molecule has 21 heavy (non-hydrogen) atoms. The van der Waals surface area contributed by atoms with Crippen LogP contribution in [0.3, 0.4) is 0 Å². The van der Waals surface area contributed by atoms with Gasteiger partial charge in [0.25, 0.3) is 5.91 Å². The smallest absolute Gasteiger partial charge is 0.270 e. The number of aromatic nitrogens is 1. The van der Waals surface area contributed by atoms with Gasteiger partial charge < -0.3 is 10.2 Å². The van der Waals surface area contributed by atoms with Crippen molar-refractivity contribution in [3.05, 3.63) is 29.2 Å². The van der Waals surface area contributed by atoms with Crippen LogP contribution < -0.4 is 5.32 Å². The van der Waals surface area contributed by atoms with E-state index in [0.29, 0.717) is 11.6 Å². The van der Waals surface area contributed by atoms with Crippen molar-refractivity contribution in [1.29, 1.82) is 0 Å². The van der Waals surface area contributed by atoms with Crippen LogP contribution in [0.4, 0.5) is 4.39 Å². The standard InChI is InChI=1S/C15H16FN3OS/c16-14-4-10-6-17-12(5-13(10)21-14)15(20)18-11-3-9-1-2-19(7-9)8-11/h4-6,9,11H,1-3,7-8H2,(H,18,20)/t9-,11+/m0/s1. The third-order valence-corrected chi connectivity index (χ3v) is 5.29. The first-order valence-electron chi connectivity index (χ1n) is 7.26. The topological polar surface area (TPSA) is 45.2 Å². The van der Waals surface area contributed by atoms with Gasteiger partial charge in [0.05, 0.1) is 0 Å². The van der Waals surface area contributed by atoms with Crippen molar-refractivity contribution in [2.75, 3.05) is 19.6 Å². The lowest BCUT2D eigenvalue weighted by Crippen LogP contribution is -2.47. The van der Waals surface area contributed by atoms with Crippen LogP contribution in [0, 0.1) is 11.0 Å². The summed E-state index contributed by atoms with van der Waals surface area (Å²) < 4.78 is 14.0. The second kappa shape index (κ2) is 5.03. The zero-order valence-electron chi connectivity index (χ0n) is 11.5. The highest BCUT2D eigenvalue weighted by Gasteiger charge is 2.33. The van der Waals surface area contributed by atoms with Gasteiger partial charge >= 0.3 is 0 Å². The summed E-state index contributed by atoms with van der Waals surface area (Å²) in [6.45, 7) is 3.25. The highest BCUT2D eigenvalue weighted by atomic mass is 32.1. The quantitative estimate of drug-likeness (QED) is 0.925. The number of thiophene rings is 1. The second-order valence-corrected chi connectivity index (χ2v) is 7.01. The largest absolute Gasteiger partial charge is 0.347 e. The number of piperidine rings is 1. The van der Waals surface area contributed by atoms with Gasteiger partial charge in [-0.05, 0) is 37.4 Å². The minimum absolute atomic E-state index is 0.154. The van der Waals surface area contributed by atoms with Crippen LogP contribution in [0.1, 0.15) is 23.3 Å². The van der Waals surface area contributed by atoms with Crippen LogP contribution in [0.5, 0.6) is 0 Å². The summed E-state index contributed by atoms with van der Waals surface area (Å²) in [6, 6.07) is 3.33. The number of nitrogens with one attached hydrogen (secondary N) is 1. The molecule has 0 aliphatic carbocycles. The van der Waals surface area contributed by atoms with E-state index in [1.165, 1.54) is 19.0 Å². The molecule has 4 rings (SSSR count). The molecule has 1 unspecified atom stereocenters. The van der Waals surface area contributed by atoms with Gasteiger partial charge in [0.2, 0.25) is 0 Å². The number of amides is 1. The second-order valence-electron chi connectivity index (χ2n) is 5.98. The average Bonchev–Trinajstić information content (AvgIpc) is 2.99. The number of halogens is 1. The Hall–Kier alpha value is -1.53. The minimum atomic E-state index is -0.249. The van der Waals surface area contributed by atoms with E-state index in [0.717, 1.165) is 40.9 Å². The Kier molecular flexibility index (Phi) is 3.15. The van der Waals surface area contributed by atoms with Crippen LogP contribution in [0.25, 0.3) is 10.1 Å². The summed E-state index contributed by atoms with van der Waals surface area (Å²) in [6.07, 6.45) is 3.86. The van der Waals surface area contributed by atoms with Crippen molar-refractivity contribution in [2.45, 2.75) is 18.9 Å². The zero-order chi connectivity index (χ0) is 14.4. The van der Waals surface area contributed by atoms with Gasteiger partial charge in [-0.1, -0.05) is 0 Å². The third kappa shape index (κ3) is 2.53. The van der Waals surface area contributed by atoms with Crippen LogP contribution in [-0.4, -0.2) is 41.5 Å². The van der Waals surface area contributed by atoms with Gasteiger partial charge in [-0.15, -0.1) is 11.3 Å². The summed E-state index contributed by atoms with van der Waals surface area (Å²) in [4.78, 5) is 18.9. The fraction of sp³-hybridized carbons (Fsp3) is 0.467. The molecular weight excluding hydrogens is 289 g/mol. The molecule has 2 aliphatic rings. The number of fused-ring (bicyclic) bond motifs is 3. The fourth-order valence-corrected chi connectivity index (χ4v) is 4.24. The van der Waals surface area contributed by atoms with Gasteiger partial charge in [-0.3, -0.25) is 9.78 Å². The lowest BCUT2D eigenvalue weighted by atomic mass is 9.97. The van der Waals surface area contributed by atoms with Crippen LogP contribution in [0.15, 0.2) is 18.3 Å². The van der Waals surface area contributed by atoms with Crippen molar-refractivity contribution in [2.24, 2.45) is 5.92 Å². The normalized spacial score (nSPS) is 28.0. The maximum absolute atomic E-state index is 13.2. The van der Waals surface area contributed by atoms with Gasteiger partial charge in [0.15, 0.2) is 5.13 Å². The van der Waals surface area contributed by atoms with Crippen molar-refractivity contribution in [3.63, 3.8) is 0 Å². The lowest BCUT2D eigenvalue weighted by Gasteiger charge is -2.30. The molecule has 2 aromatic heterocycles. The molecule has 2 saturated heterocycles. The Morgan fingerprint density at radius 3 is 3.19 bits per heavy atom. The van der Waals surface area contributed by atoms with E-state index in [2.05, 4.69) is 15.2 Å². The SMILES string of the molecule is O=C(N[C@@H]1C[C@@H]2CCN(C2)C1)c1cc2sc(F)cc2cn1. The molecular formula is C15H16FN3OS. The molecule has 110 valence electrons. The van der Waals surface area contributed by atoms with Gasteiger partial charge in [0.1, 0.15) is 5.69 Å². The van der Waals surface area contributed by atoms with E-state index in [4.69, 9.17) is 0 Å². The maximum atomic E-state index is 13.2. The molecule has 0 aromatic carbocycles. The molecule has 0 spiro atoms. The monoisotopic (exact) mass is 305 g/mol. The maximum Gasteiger partial charge on any atom is 0.270 e. The summed E-state index contributed by atoms with van der Waals surface area (Å²) in [5.74, 6) is 0.559. The molecule has 0 radical (unpaired) electrons. The Labute approximate surface area is 126 Å². The summed E-state index contributed by atoms with van der Waals surface area (Å²) >= 11 is 1.05. The summed E-state index contributed by atoms with van der Waals surface area (Å²) in [7, 11) is 0. The van der Waals surface area contributed by atoms with Crippen molar-refractivity contribution < 1.29 is 9.18 Å². The highest BCUT2D eigenvalue weighted by Crippen LogP contribution is 2.27. The van der Waals surface area contributed by atoms with Gasteiger partial charge in [-0.2, -0.15) is 4.39 Å². The fourth-order valence-electron chi connectivity index (χ4n) is 3.45. The van der Waals surface area contributed by atoms with E-state index in [9.17, 15) is 9.18 Å². The molecule has 0 saturated carbocycles. The van der Waals surface area contributed by atoms with E-state index in [1.807, 2.05) is 0 Å². The Bertz CT molecular complexity index is 689. The molecule has 1 amide bonds. The molecule has 4 nitrogen and oxygen atoms in total. The van der Waals surface area contributed by atoms with E-state index < -0.39 is 0 Å². The Balaban J connectivity index is 1.50. The molecule has 1 N–H and O–H groups in total. The molecule has 2 fully saturated rings. The summed E-state index contributed by atoms with van der Waals surface area (Å²) in [5, 5.41) is 3.57. The molecule has 2 bridgehead atoms. The lowest BCUT2D eigenvalue weighted by molar-refractivity contribution is 0.0904. The minimum Gasteiger partial charge on any atom is -0.347 e. The van der Waals surface area contributed by atoms with E-state index in [-0.39, 0.29) is 17.1 Å². The predicted molar refractivity (Wildman–Crippen MR) is 80.0 cm³/mol. The Morgan fingerprint density at radius 2 is 2.33 bits per heavy atom.